The van der Waals surface area contributed by atoms with Crippen LogP contribution in [-0.4, -0.2) is 62.7 Å². The van der Waals surface area contributed by atoms with Gasteiger partial charge in [-0.2, -0.15) is 0 Å². The highest BCUT2D eigenvalue weighted by molar-refractivity contribution is 5.86. The second-order valence-electron chi connectivity index (χ2n) is 4.75. The van der Waals surface area contributed by atoms with Crippen LogP contribution in [0, 0.1) is 5.92 Å². The molecule has 0 bridgehead atoms. The first-order valence-electron chi connectivity index (χ1n) is 6.61. The van der Waals surface area contributed by atoms with E-state index in [1.165, 1.54) is 0 Å². The van der Waals surface area contributed by atoms with Crippen LogP contribution >= 0.6 is 0 Å². The predicted octanol–water partition coefficient (Wildman–Crippen LogP) is -1.04. The molecule has 0 unspecified atom stereocenters. The quantitative estimate of drug-likeness (QED) is 0.676. The SMILES string of the molecule is O=C(NCC(=O)N1CCOCC1)[C@H]1CCCNC1. The maximum atomic E-state index is 11.8. The minimum atomic E-state index is -0.0181. The van der Waals surface area contributed by atoms with Crippen LogP contribution in [0.3, 0.4) is 0 Å². The standard InChI is InChI=1S/C12H21N3O3/c16-11(15-4-6-18-7-5-15)9-14-12(17)10-2-1-3-13-8-10/h10,13H,1-9H2,(H,14,17)/t10-/m0/s1. The summed E-state index contributed by atoms with van der Waals surface area (Å²) in [5, 5.41) is 5.93. The van der Waals surface area contributed by atoms with Gasteiger partial charge in [-0.15, -0.1) is 0 Å². The van der Waals surface area contributed by atoms with Gasteiger partial charge < -0.3 is 20.3 Å². The highest BCUT2D eigenvalue weighted by Gasteiger charge is 2.22. The highest BCUT2D eigenvalue weighted by atomic mass is 16.5. The minimum absolute atomic E-state index is 0.0104. The zero-order valence-corrected chi connectivity index (χ0v) is 10.6. The van der Waals surface area contributed by atoms with Crippen molar-refractivity contribution in [2.45, 2.75) is 12.8 Å². The van der Waals surface area contributed by atoms with Crippen LogP contribution in [0.5, 0.6) is 0 Å². The van der Waals surface area contributed by atoms with Crippen molar-refractivity contribution < 1.29 is 14.3 Å². The maximum Gasteiger partial charge on any atom is 0.242 e. The predicted molar refractivity (Wildman–Crippen MR) is 66.0 cm³/mol. The Morgan fingerprint density at radius 3 is 2.78 bits per heavy atom. The summed E-state index contributed by atoms with van der Waals surface area (Å²) in [6.07, 6.45) is 1.93. The topological polar surface area (TPSA) is 70.7 Å². The lowest BCUT2D eigenvalue weighted by Crippen LogP contribution is -2.47. The van der Waals surface area contributed by atoms with Crippen molar-refractivity contribution in [3.05, 3.63) is 0 Å². The largest absolute Gasteiger partial charge is 0.378 e. The molecule has 2 N–H and O–H groups in total. The van der Waals surface area contributed by atoms with E-state index in [4.69, 9.17) is 4.74 Å². The van der Waals surface area contributed by atoms with Gasteiger partial charge in [0, 0.05) is 19.6 Å². The third kappa shape index (κ3) is 3.68. The van der Waals surface area contributed by atoms with Crippen LogP contribution in [0.25, 0.3) is 0 Å². The molecule has 2 rings (SSSR count). The molecule has 0 saturated carbocycles. The Morgan fingerprint density at radius 2 is 2.11 bits per heavy atom. The van der Waals surface area contributed by atoms with Crippen LogP contribution in [0.1, 0.15) is 12.8 Å². The van der Waals surface area contributed by atoms with E-state index in [9.17, 15) is 9.59 Å². The molecule has 0 aromatic carbocycles. The van der Waals surface area contributed by atoms with Crippen LogP contribution in [0.4, 0.5) is 0 Å². The number of morpholine rings is 1. The molecule has 6 nitrogen and oxygen atoms in total. The van der Waals surface area contributed by atoms with Gasteiger partial charge >= 0.3 is 0 Å². The summed E-state index contributed by atoms with van der Waals surface area (Å²) in [7, 11) is 0. The summed E-state index contributed by atoms with van der Waals surface area (Å²) in [6, 6.07) is 0. The van der Waals surface area contributed by atoms with E-state index in [2.05, 4.69) is 10.6 Å². The van der Waals surface area contributed by atoms with Gasteiger partial charge in [0.1, 0.15) is 0 Å². The third-order valence-electron chi connectivity index (χ3n) is 3.45. The number of rotatable bonds is 3. The van der Waals surface area contributed by atoms with Crippen LogP contribution in [0.15, 0.2) is 0 Å². The number of ether oxygens (including phenoxy) is 1. The van der Waals surface area contributed by atoms with Crippen molar-refractivity contribution >= 4 is 11.8 Å². The molecule has 0 aromatic rings. The third-order valence-corrected chi connectivity index (χ3v) is 3.45. The molecule has 2 heterocycles. The second-order valence-corrected chi connectivity index (χ2v) is 4.75. The number of hydrogen-bond donors (Lipinski definition) is 2. The molecule has 0 aliphatic carbocycles. The molecule has 102 valence electrons. The number of nitrogens with zero attached hydrogens (tertiary/aromatic N) is 1. The van der Waals surface area contributed by atoms with Gasteiger partial charge in [0.05, 0.1) is 25.7 Å². The van der Waals surface area contributed by atoms with E-state index in [-0.39, 0.29) is 24.3 Å². The van der Waals surface area contributed by atoms with E-state index >= 15 is 0 Å². The number of carbonyl (C=O) groups excluding carboxylic acids is 2. The second kappa shape index (κ2) is 6.70. The molecule has 6 heteroatoms. The van der Waals surface area contributed by atoms with Crippen LogP contribution in [0.2, 0.25) is 0 Å². The van der Waals surface area contributed by atoms with Crippen molar-refractivity contribution in [1.82, 2.24) is 15.5 Å². The lowest BCUT2D eigenvalue weighted by atomic mass is 9.99. The van der Waals surface area contributed by atoms with Gasteiger partial charge in [-0.05, 0) is 19.4 Å². The van der Waals surface area contributed by atoms with Gasteiger partial charge in [-0.3, -0.25) is 9.59 Å². The fourth-order valence-corrected chi connectivity index (χ4v) is 2.31. The Morgan fingerprint density at radius 1 is 1.33 bits per heavy atom. The molecule has 18 heavy (non-hydrogen) atoms. The van der Waals surface area contributed by atoms with Crippen LogP contribution in [-0.2, 0) is 14.3 Å². The molecule has 2 fully saturated rings. The Balaban J connectivity index is 1.69. The normalized spacial score (nSPS) is 24.7. The van der Waals surface area contributed by atoms with Gasteiger partial charge in [-0.1, -0.05) is 0 Å². The lowest BCUT2D eigenvalue weighted by Gasteiger charge is -2.27. The zero-order chi connectivity index (χ0) is 12.8. The molecule has 0 radical (unpaired) electrons. The van der Waals surface area contributed by atoms with Gasteiger partial charge in [0.2, 0.25) is 11.8 Å². The number of nitrogens with one attached hydrogen (secondary N) is 2. The van der Waals surface area contributed by atoms with E-state index < -0.39 is 0 Å². The van der Waals surface area contributed by atoms with Crippen molar-refractivity contribution in [3.63, 3.8) is 0 Å². The summed E-state index contributed by atoms with van der Waals surface area (Å²) >= 11 is 0. The monoisotopic (exact) mass is 255 g/mol. The van der Waals surface area contributed by atoms with Gasteiger partial charge in [-0.25, -0.2) is 0 Å². The summed E-state index contributed by atoms with van der Waals surface area (Å²) in [5.74, 6) is -0.0181. The highest BCUT2D eigenvalue weighted by Crippen LogP contribution is 2.09. The van der Waals surface area contributed by atoms with Gasteiger partial charge in [0.15, 0.2) is 0 Å². The fourth-order valence-electron chi connectivity index (χ4n) is 2.31. The first-order valence-corrected chi connectivity index (χ1v) is 6.61. The van der Waals surface area contributed by atoms with Crippen molar-refractivity contribution in [3.8, 4) is 0 Å². The van der Waals surface area contributed by atoms with E-state index in [0.717, 1.165) is 25.9 Å². The summed E-state index contributed by atoms with van der Waals surface area (Å²) in [6.45, 7) is 4.24. The van der Waals surface area contributed by atoms with E-state index in [0.29, 0.717) is 26.3 Å². The fraction of sp³-hybridized carbons (Fsp3) is 0.833. The van der Waals surface area contributed by atoms with E-state index in [1.54, 1.807) is 4.90 Å². The van der Waals surface area contributed by atoms with Crippen LogP contribution < -0.4 is 10.6 Å². The molecule has 0 aromatic heterocycles. The molecule has 2 aliphatic heterocycles. The number of hydrogen-bond acceptors (Lipinski definition) is 4. The van der Waals surface area contributed by atoms with E-state index in [1.807, 2.05) is 0 Å². The molecule has 1 atom stereocenters. The smallest absolute Gasteiger partial charge is 0.242 e. The van der Waals surface area contributed by atoms with Gasteiger partial charge in [0.25, 0.3) is 0 Å². The molecule has 2 saturated heterocycles. The average molecular weight is 255 g/mol. The molecule has 2 amide bonds. The molecular weight excluding hydrogens is 234 g/mol. The number of piperidine rings is 1. The zero-order valence-electron chi connectivity index (χ0n) is 10.6. The average Bonchev–Trinajstić information content (AvgIpc) is 2.46. The molecule has 0 spiro atoms. The first kappa shape index (κ1) is 13.3. The molecule has 2 aliphatic rings. The minimum Gasteiger partial charge on any atom is -0.378 e. The number of carbonyl (C=O) groups is 2. The summed E-state index contributed by atoms with van der Waals surface area (Å²) < 4.78 is 5.18. The Kier molecular flexibility index (Phi) is 4.95. The Hall–Kier alpha value is -1.14. The van der Waals surface area contributed by atoms with Crippen molar-refractivity contribution in [2.24, 2.45) is 5.92 Å². The Labute approximate surface area is 107 Å². The lowest BCUT2D eigenvalue weighted by molar-refractivity contribution is -0.137. The van der Waals surface area contributed by atoms with Crippen molar-refractivity contribution in [2.75, 3.05) is 45.9 Å². The van der Waals surface area contributed by atoms with Crippen molar-refractivity contribution in [1.29, 1.82) is 0 Å². The Bertz CT molecular complexity index is 267. The summed E-state index contributed by atoms with van der Waals surface area (Å²) in [4.78, 5) is 25.4. The summed E-state index contributed by atoms with van der Waals surface area (Å²) in [5.41, 5.74) is 0. The molecular formula is C12H21N3O3. The number of amides is 2. The maximum absolute atomic E-state index is 11.8. The first-order chi connectivity index (χ1) is 8.77.